The van der Waals surface area contributed by atoms with E-state index in [1.165, 1.54) is 12.2 Å². The largest absolute Gasteiger partial charge is 1.00 e. The van der Waals surface area contributed by atoms with Gasteiger partial charge in [-0.15, -0.1) is 0 Å². The Morgan fingerprint density at radius 2 is 1.77 bits per heavy atom. The SMILES string of the molecule is NC/C=C/c1cn([C@H]2CC(O)[C@@H](COP(=O)([O-])OP(=O)([O-])OP(=O)([O-])O)O2)c(=O)[nH]c1=O.[Na+].[Na+].[Na+]. The Balaban J connectivity index is 0. The number of aromatic nitrogens is 2. The van der Waals surface area contributed by atoms with Crippen molar-refractivity contribution < 1.29 is 145 Å². The second kappa shape index (κ2) is 16.1. The number of H-pyrrole nitrogens is 1. The molecule has 2 rings (SSSR count). The number of phosphoric acid groups is 3. The second-order valence-electron chi connectivity index (χ2n) is 6.14. The van der Waals surface area contributed by atoms with Crippen molar-refractivity contribution in [1.82, 2.24) is 9.55 Å². The predicted molar refractivity (Wildman–Crippen MR) is 97.1 cm³/mol. The van der Waals surface area contributed by atoms with Crippen molar-refractivity contribution in [1.29, 1.82) is 0 Å². The Morgan fingerprint density at radius 3 is 2.31 bits per heavy atom. The maximum atomic E-state index is 12.1. The summed E-state index contributed by atoms with van der Waals surface area (Å²) in [5.41, 5.74) is 3.73. The molecule has 35 heavy (non-hydrogen) atoms. The molecule has 17 nitrogen and oxygen atoms in total. The Morgan fingerprint density at radius 1 is 1.17 bits per heavy atom. The normalized spacial score (nSPS) is 24.8. The average molecular weight is 589 g/mol. The van der Waals surface area contributed by atoms with Crippen LogP contribution in [0.1, 0.15) is 18.2 Å². The molecule has 23 heteroatoms. The van der Waals surface area contributed by atoms with E-state index < -0.39 is 59.8 Å². The number of nitrogens with zero attached hydrogens (tertiary/aromatic N) is 1. The van der Waals surface area contributed by atoms with Crippen molar-refractivity contribution in [3.8, 4) is 0 Å². The fraction of sp³-hybridized carbons (Fsp3) is 0.500. The summed E-state index contributed by atoms with van der Waals surface area (Å²) in [6.07, 6.45) is -0.349. The van der Waals surface area contributed by atoms with Crippen molar-refractivity contribution >= 4 is 29.5 Å². The molecule has 4 unspecified atom stereocenters. The minimum absolute atomic E-state index is 0. The Labute approximate surface area is 263 Å². The number of nitrogens with two attached hydrogens (primary N) is 1. The Hall–Kier alpha value is 1.71. The number of aromatic amines is 1. The first-order valence-electron chi connectivity index (χ1n) is 8.41. The van der Waals surface area contributed by atoms with Crippen LogP contribution in [-0.2, 0) is 31.6 Å². The van der Waals surface area contributed by atoms with E-state index in [2.05, 4.69) is 13.1 Å². The third-order valence-electron chi connectivity index (χ3n) is 3.74. The van der Waals surface area contributed by atoms with Crippen molar-refractivity contribution in [3.05, 3.63) is 38.7 Å². The number of aliphatic hydroxyl groups excluding tert-OH is 1. The van der Waals surface area contributed by atoms with Crippen LogP contribution in [0.25, 0.3) is 6.08 Å². The van der Waals surface area contributed by atoms with Crippen molar-refractivity contribution in [3.63, 3.8) is 0 Å². The summed E-state index contributed by atoms with van der Waals surface area (Å²) >= 11 is 0. The molecule has 0 aliphatic carbocycles. The molecule has 182 valence electrons. The number of phosphoric ester groups is 1. The molecule has 1 aromatic heterocycles. The van der Waals surface area contributed by atoms with Gasteiger partial charge < -0.3 is 39.7 Å². The van der Waals surface area contributed by atoms with Crippen molar-refractivity contribution in [2.24, 2.45) is 5.73 Å². The molecule has 0 saturated carbocycles. The first-order chi connectivity index (χ1) is 14.6. The number of nitrogens with one attached hydrogen (secondary N) is 1. The molecule has 1 saturated heterocycles. The first kappa shape index (κ1) is 38.9. The van der Waals surface area contributed by atoms with E-state index in [1.807, 2.05) is 4.98 Å². The third kappa shape index (κ3) is 13.1. The minimum atomic E-state index is -6.07. The van der Waals surface area contributed by atoms with Crippen LogP contribution in [0.15, 0.2) is 21.9 Å². The Bertz CT molecular complexity index is 1120. The van der Waals surface area contributed by atoms with Crippen LogP contribution >= 0.6 is 23.5 Å². The van der Waals surface area contributed by atoms with E-state index in [0.29, 0.717) is 0 Å². The fourth-order valence-electron chi connectivity index (χ4n) is 2.52. The maximum absolute atomic E-state index is 12.1. The Kier molecular flexibility index (Phi) is 17.9. The molecule has 0 aromatic carbocycles. The topological polar surface area (TPSA) is 279 Å². The number of rotatable bonds is 10. The average Bonchev–Trinajstić information content (AvgIpc) is 2.97. The van der Waals surface area contributed by atoms with Gasteiger partial charge in [-0.1, -0.05) is 12.2 Å². The zero-order chi connectivity index (χ0) is 24.3. The van der Waals surface area contributed by atoms with Gasteiger partial charge >= 0.3 is 94.4 Å². The van der Waals surface area contributed by atoms with E-state index >= 15 is 0 Å². The molecule has 1 aromatic rings. The molecule has 6 atom stereocenters. The molecule has 0 spiro atoms. The summed E-state index contributed by atoms with van der Waals surface area (Å²) in [5.74, 6) is 0. The molecule has 0 amide bonds. The molecule has 2 heterocycles. The standard InChI is InChI=1S/C12H20N3O14P3.3Na/c13-3-1-2-7-5-15(12(18)14-11(7)17)10-4-8(16)9(27-10)6-26-31(22,23)29-32(24,25)28-30(19,20)21;;;/h1-2,5,8-10,16H,3-4,6,13H2,(H,22,23)(H,24,25)(H,14,17,18)(H2,19,20,21);;;/q;3*+1/p-3/b2-1+;;;/t8?,9-,10-;;;/m1.../s1. The van der Waals surface area contributed by atoms with Gasteiger partial charge in [0.2, 0.25) is 0 Å². The van der Waals surface area contributed by atoms with E-state index in [1.54, 1.807) is 0 Å². The van der Waals surface area contributed by atoms with Gasteiger partial charge in [0.1, 0.15) is 12.3 Å². The summed E-state index contributed by atoms with van der Waals surface area (Å²) in [7, 11) is -17.7. The van der Waals surface area contributed by atoms with Crippen LogP contribution in [0.5, 0.6) is 0 Å². The molecule has 1 fully saturated rings. The van der Waals surface area contributed by atoms with Crippen LogP contribution < -0.4 is 120 Å². The van der Waals surface area contributed by atoms with Gasteiger partial charge in [0, 0.05) is 19.2 Å². The summed E-state index contributed by atoms with van der Waals surface area (Å²) in [6.45, 7) is -0.898. The minimum Gasteiger partial charge on any atom is -0.756 e. The number of ether oxygens (including phenoxy) is 1. The van der Waals surface area contributed by atoms with Gasteiger partial charge in [-0.05, 0) is 0 Å². The van der Waals surface area contributed by atoms with Gasteiger partial charge in [0.25, 0.3) is 29.0 Å². The number of hydrogen-bond donors (Lipinski definition) is 4. The summed E-state index contributed by atoms with van der Waals surface area (Å²) < 4.78 is 50.2. The summed E-state index contributed by atoms with van der Waals surface area (Å²) in [6, 6.07) is 0. The van der Waals surface area contributed by atoms with E-state index in [9.17, 15) is 43.1 Å². The number of hydrogen-bond acceptors (Lipinski definition) is 14. The van der Waals surface area contributed by atoms with E-state index in [0.717, 1.165) is 10.8 Å². The summed E-state index contributed by atoms with van der Waals surface area (Å²) in [5, 5.41) is 10.1. The van der Waals surface area contributed by atoms with Crippen LogP contribution in [0, 0.1) is 0 Å². The third-order valence-corrected chi connectivity index (χ3v) is 7.43. The molecular weight excluding hydrogens is 572 g/mol. The molecule has 1 aliphatic rings. The smallest absolute Gasteiger partial charge is 0.756 e. The first-order valence-corrected chi connectivity index (χ1v) is 12.8. The molecule has 1 aliphatic heterocycles. The van der Waals surface area contributed by atoms with E-state index in [-0.39, 0.29) is 107 Å². The van der Waals surface area contributed by atoms with Crippen molar-refractivity contribution in [2.75, 3.05) is 13.2 Å². The molecule has 0 radical (unpaired) electrons. The predicted octanol–water partition coefficient (Wildman–Crippen LogP) is -12.4. The van der Waals surface area contributed by atoms with Crippen LogP contribution in [0.3, 0.4) is 0 Å². The second-order valence-corrected chi connectivity index (χ2v) is 10.4. The van der Waals surface area contributed by atoms with Crippen LogP contribution in [-0.4, -0.2) is 44.9 Å². The maximum Gasteiger partial charge on any atom is 1.00 e. The number of aliphatic hydroxyl groups is 1. The molecular formula is C12H17N3Na3O14P3. The molecule has 0 bridgehead atoms. The zero-order valence-electron chi connectivity index (χ0n) is 18.7. The van der Waals surface area contributed by atoms with Gasteiger partial charge in [0.05, 0.1) is 18.3 Å². The quantitative estimate of drug-likeness (QED) is 0.146. The molecule has 5 N–H and O–H groups in total. The van der Waals surface area contributed by atoms with Crippen LogP contribution in [0.4, 0.5) is 0 Å². The fourth-order valence-corrected chi connectivity index (χ4v) is 5.41. The van der Waals surface area contributed by atoms with E-state index in [4.69, 9.17) is 15.4 Å². The van der Waals surface area contributed by atoms with Gasteiger partial charge in [-0.25, -0.2) is 13.4 Å². The summed E-state index contributed by atoms with van der Waals surface area (Å²) in [4.78, 5) is 67.4. The van der Waals surface area contributed by atoms with Crippen LogP contribution in [0.2, 0.25) is 0 Å². The van der Waals surface area contributed by atoms with Gasteiger partial charge in [0.15, 0.2) is 0 Å². The van der Waals surface area contributed by atoms with Gasteiger partial charge in [-0.2, -0.15) is 0 Å². The van der Waals surface area contributed by atoms with Crippen molar-refractivity contribution in [2.45, 2.75) is 24.9 Å². The monoisotopic (exact) mass is 589 g/mol. The zero-order valence-corrected chi connectivity index (χ0v) is 27.4. The van der Waals surface area contributed by atoms with Gasteiger partial charge in [-0.3, -0.25) is 28.0 Å².